The van der Waals surface area contributed by atoms with Crippen LogP contribution in [0.4, 0.5) is 0 Å². The van der Waals surface area contributed by atoms with E-state index in [4.69, 9.17) is 4.74 Å². The van der Waals surface area contributed by atoms with Gasteiger partial charge in [-0.3, -0.25) is 19.5 Å². The van der Waals surface area contributed by atoms with Crippen molar-refractivity contribution in [3.63, 3.8) is 0 Å². The van der Waals surface area contributed by atoms with Crippen LogP contribution in [-0.4, -0.2) is 95.0 Å². The first-order valence-corrected chi connectivity index (χ1v) is 11.8. The summed E-state index contributed by atoms with van der Waals surface area (Å²) in [5, 5.41) is 0. The standard InChI is InChI=1S/C26H29N5O3/c1-19-6-8-20(9-7-19)25(32)30-12-10-29(11-13-30)17-21-18-31(14-15-34-21)26(33)24-16-27-22-4-2-3-5-23(22)28-24/h2-9,16,21H,10-15,17-18H2,1H3/t21-/m1/s1. The van der Waals surface area contributed by atoms with Crippen LogP contribution < -0.4 is 0 Å². The molecule has 34 heavy (non-hydrogen) atoms. The number of carbonyl (C=O) groups is 2. The zero-order chi connectivity index (χ0) is 23.5. The molecule has 2 aliphatic rings. The first-order valence-electron chi connectivity index (χ1n) is 11.8. The van der Waals surface area contributed by atoms with E-state index in [-0.39, 0.29) is 17.9 Å². The highest BCUT2D eigenvalue weighted by atomic mass is 16.5. The van der Waals surface area contributed by atoms with E-state index in [1.165, 1.54) is 0 Å². The van der Waals surface area contributed by atoms with Gasteiger partial charge >= 0.3 is 0 Å². The molecule has 0 unspecified atom stereocenters. The largest absolute Gasteiger partial charge is 0.373 e. The second-order valence-electron chi connectivity index (χ2n) is 8.95. The number of para-hydroxylation sites is 2. The van der Waals surface area contributed by atoms with Crippen LogP contribution in [0.1, 0.15) is 26.4 Å². The molecule has 0 saturated carbocycles. The fraction of sp³-hybridized carbons (Fsp3) is 0.385. The second kappa shape index (κ2) is 9.87. The molecular formula is C26H29N5O3. The van der Waals surface area contributed by atoms with Gasteiger partial charge in [0.2, 0.25) is 0 Å². The van der Waals surface area contributed by atoms with Gasteiger partial charge in [-0.2, -0.15) is 0 Å². The second-order valence-corrected chi connectivity index (χ2v) is 8.95. The molecule has 3 heterocycles. The molecule has 0 radical (unpaired) electrons. The average Bonchev–Trinajstić information content (AvgIpc) is 2.88. The molecule has 1 aromatic heterocycles. The van der Waals surface area contributed by atoms with Crippen molar-refractivity contribution < 1.29 is 14.3 Å². The van der Waals surface area contributed by atoms with Gasteiger partial charge < -0.3 is 14.5 Å². The Bertz CT molecular complexity index is 1170. The quantitative estimate of drug-likeness (QED) is 0.596. The van der Waals surface area contributed by atoms with Gasteiger partial charge in [0.25, 0.3) is 11.8 Å². The van der Waals surface area contributed by atoms with Crippen LogP contribution in [0.15, 0.2) is 54.7 Å². The molecule has 8 heteroatoms. The van der Waals surface area contributed by atoms with Gasteiger partial charge in [0, 0.05) is 51.4 Å². The summed E-state index contributed by atoms with van der Waals surface area (Å²) in [7, 11) is 0. The lowest BCUT2D eigenvalue weighted by Crippen LogP contribution is -2.54. The number of hydrogen-bond acceptors (Lipinski definition) is 6. The van der Waals surface area contributed by atoms with Crippen molar-refractivity contribution in [2.45, 2.75) is 13.0 Å². The monoisotopic (exact) mass is 459 g/mol. The van der Waals surface area contributed by atoms with E-state index >= 15 is 0 Å². The number of hydrogen-bond donors (Lipinski definition) is 0. The maximum Gasteiger partial charge on any atom is 0.274 e. The fourth-order valence-electron chi connectivity index (χ4n) is 4.54. The number of ether oxygens (including phenoxy) is 1. The minimum atomic E-state index is -0.111. The Morgan fingerprint density at radius 1 is 0.912 bits per heavy atom. The SMILES string of the molecule is Cc1ccc(C(=O)N2CCN(C[C@@H]3CN(C(=O)c4cnc5ccccc5n4)CCO3)CC2)cc1. The van der Waals surface area contributed by atoms with Crippen molar-refractivity contribution in [2.75, 3.05) is 52.4 Å². The summed E-state index contributed by atoms with van der Waals surface area (Å²) in [5.41, 5.74) is 3.74. The molecule has 1 atom stereocenters. The van der Waals surface area contributed by atoms with Crippen LogP contribution in [-0.2, 0) is 4.74 Å². The lowest BCUT2D eigenvalue weighted by atomic mass is 10.1. The van der Waals surface area contributed by atoms with E-state index in [1.807, 2.05) is 65.3 Å². The molecule has 2 saturated heterocycles. The molecule has 3 aromatic rings. The first kappa shape index (κ1) is 22.4. The van der Waals surface area contributed by atoms with E-state index in [1.54, 1.807) is 6.20 Å². The van der Waals surface area contributed by atoms with Crippen LogP contribution in [0.25, 0.3) is 11.0 Å². The van der Waals surface area contributed by atoms with Gasteiger partial charge in [0.05, 0.1) is 29.9 Å². The van der Waals surface area contributed by atoms with E-state index in [0.29, 0.717) is 38.5 Å². The number of piperazine rings is 1. The predicted octanol–water partition coefficient (Wildman–Crippen LogP) is 2.24. The molecule has 2 amide bonds. The topological polar surface area (TPSA) is 78.9 Å². The third-order valence-corrected chi connectivity index (χ3v) is 6.51. The summed E-state index contributed by atoms with van der Waals surface area (Å²) in [6, 6.07) is 15.3. The molecule has 2 aromatic carbocycles. The average molecular weight is 460 g/mol. The molecule has 2 aliphatic heterocycles. The van der Waals surface area contributed by atoms with Gasteiger partial charge in [-0.05, 0) is 31.2 Å². The van der Waals surface area contributed by atoms with E-state index in [0.717, 1.165) is 41.8 Å². The summed E-state index contributed by atoms with van der Waals surface area (Å²) < 4.78 is 5.97. The molecule has 5 rings (SSSR count). The highest BCUT2D eigenvalue weighted by Gasteiger charge is 2.29. The van der Waals surface area contributed by atoms with Gasteiger partial charge in [-0.1, -0.05) is 29.8 Å². The number of fused-ring (bicyclic) bond motifs is 1. The molecule has 0 N–H and O–H groups in total. The number of nitrogens with zero attached hydrogens (tertiary/aromatic N) is 5. The van der Waals surface area contributed by atoms with Crippen molar-refractivity contribution in [2.24, 2.45) is 0 Å². The van der Waals surface area contributed by atoms with E-state index in [2.05, 4.69) is 14.9 Å². The number of carbonyl (C=O) groups excluding carboxylic acids is 2. The van der Waals surface area contributed by atoms with E-state index in [9.17, 15) is 9.59 Å². The third kappa shape index (κ3) is 4.93. The molecule has 8 nitrogen and oxygen atoms in total. The normalized spacial score (nSPS) is 19.4. The Morgan fingerprint density at radius 3 is 2.41 bits per heavy atom. The van der Waals surface area contributed by atoms with Crippen molar-refractivity contribution >= 4 is 22.8 Å². The van der Waals surface area contributed by atoms with Crippen molar-refractivity contribution in [1.29, 1.82) is 0 Å². The highest BCUT2D eigenvalue weighted by molar-refractivity contribution is 5.94. The summed E-state index contributed by atoms with van der Waals surface area (Å²) in [6.45, 7) is 7.29. The summed E-state index contributed by atoms with van der Waals surface area (Å²) in [4.78, 5) is 40.7. The summed E-state index contributed by atoms with van der Waals surface area (Å²) >= 11 is 0. The zero-order valence-electron chi connectivity index (χ0n) is 19.4. The number of amides is 2. The van der Waals surface area contributed by atoms with E-state index < -0.39 is 0 Å². The number of rotatable bonds is 4. The van der Waals surface area contributed by atoms with Gasteiger partial charge in [-0.25, -0.2) is 4.98 Å². The first-order chi connectivity index (χ1) is 16.6. The lowest BCUT2D eigenvalue weighted by molar-refractivity contribution is -0.0401. The fourth-order valence-corrected chi connectivity index (χ4v) is 4.54. The number of benzene rings is 2. The molecular weight excluding hydrogens is 430 g/mol. The van der Waals surface area contributed by atoms with Crippen LogP contribution in [0.2, 0.25) is 0 Å². The molecule has 176 valence electrons. The minimum absolute atomic E-state index is 0.0644. The van der Waals surface area contributed by atoms with Crippen molar-refractivity contribution in [3.05, 3.63) is 71.5 Å². The number of aryl methyl sites for hydroxylation is 1. The predicted molar refractivity (Wildman–Crippen MR) is 129 cm³/mol. The van der Waals surface area contributed by atoms with Crippen molar-refractivity contribution in [3.8, 4) is 0 Å². The Kier molecular flexibility index (Phi) is 6.51. The number of aromatic nitrogens is 2. The van der Waals surface area contributed by atoms with Crippen LogP contribution >= 0.6 is 0 Å². The Hall–Kier alpha value is -3.36. The van der Waals surface area contributed by atoms with Gasteiger partial charge in [0.15, 0.2) is 0 Å². The molecule has 2 fully saturated rings. The van der Waals surface area contributed by atoms with Crippen LogP contribution in [0.5, 0.6) is 0 Å². The third-order valence-electron chi connectivity index (χ3n) is 6.51. The molecule has 0 spiro atoms. The Balaban J connectivity index is 1.15. The number of morpholine rings is 1. The summed E-state index contributed by atoms with van der Waals surface area (Å²) in [5.74, 6) is -0.0260. The minimum Gasteiger partial charge on any atom is -0.373 e. The summed E-state index contributed by atoms with van der Waals surface area (Å²) in [6.07, 6.45) is 1.49. The van der Waals surface area contributed by atoms with Gasteiger partial charge in [0.1, 0.15) is 5.69 Å². The smallest absolute Gasteiger partial charge is 0.274 e. The van der Waals surface area contributed by atoms with Crippen LogP contribution in [0.3, 0.4) is 0 Å². The van der Waals surface area contributed by atoms with Crippen molar-refractivity contribution in [1.82, 2.24) is 24.7 Å². The zero-order valence-corrected chi connectivity index (χ0v) is 19.4. The maximum atomic E-state index is 13.1. The maximum absolute atomic E-state index is 13.1. The molecule has 0 bridgehead atoms. The lowest BCUT2D eigenvalue weighted by Gasteiger charge is -2.39. The molecule has 0 aliphatic carbocycles. The van der Waals surface area contributed by atoms with Crippen LogP contribution in [0, 0.1) is 6.92 Å². The Labute approximate surface area is 199 Å². The Morgan fingerprint density at radius 2 is 1.65 bits per heavy atom. The van der Waals surface area contributed by atoms with Gasteiger partial charge in [-0.15, -0.1) is 0 Å². The highest BCUT2D eigenvalue weighted by Crippen LogP contribution is 2.15.